The Balaban J connectivity index is 0.00000261. The minimum atomic E-state index is 0. The van der Waals surface area contributed by atoms with Gasteiger partial charge in [-0.3, -0.25) is 4.79 Å². The van der Waals surface area contributed by atoms with Gasteiger partial charge in [0.25, 0.3) is 0 Å². The second kappa shape index (κ2) is 10.3. The van der Waals surface area contributed by atoms with Crippen molar-refractivity contribution in [2.75, 3.05) is 13.1 Å². The standard InChI is InChI=1S/C22H28N2O2.ClH/c1-16-3-5-19(6-4-16)15-26-21-9-7-18(8-10-21)13-17(2)24-22(25)20-11-12-23-14-20;/h3-10,17,20,23H,11-15H2,1-2H3,(H,24,25);1H. The molecule has 1 aliphatic heterocycles. The van der Waals surface area contributed by atoms with Crippen LogP contribution in [0.5, 0.6) is 5.75 Å². The molecule has 3 rings (SSSR count). The molecule has 2 atom stereocenters. The number of aryl methyl sites for hydroxylation is 1. The normalized spacial score (nSPS) is 17.0. The van der Waals surface area contributed by atoms with Gasteiger partial charge in [0.15, 0.2) is 0 Å². The second-order valence-electron chi connectivity index (χ2n) is 7.22. The van der Waals surface area contributed by atoms with Gasteiger partial charge in [0.1, 0.15) is 12.4 Å². The molecule has 0 aliphatic carbocycles. The number of carbonyl (C=O) groups excluding carboxylic acids is 1. The van der Waals surface area contributed by atoms with Crippen molar-refractivity contribution < 1.29 is 9.53 Å². The van der Waals surface area contributed by atoms with Crippen molar-refractivity contribution >= 4 is 18.3 Å². The maximum absolute atomic E-state index is 12.2. The third-order valence-electron chi connectivity index (χ3n) is 4.81. The van der Waals surface area contributed by atoms with Crippen LogP contribution in [0.1, 0.15) is 30.0 Å². The van der Waals surface area contributed by atoms with E-state index in [0.29, 0.717) is 6.61 Å². The van der Waals surface area contributed by atoms with E-state index in [0.717, 1.165) is 37.2 Å². The van der Waals surface area contributed by atoms with E-state index >= 15 is 0 Å². The molecule has 2 aromatic rings. The maximum atomic E-state index is 12.2. The number of carbonyl (C=O) groups is 1. The summed E-state index contributed by atoms with van der Waals surface area (Å²) in [6.45, 7) is 6.45. The first-order valence-electron chi connectivity index (χ1n) is 9.38. The van der Waals surface area contributed by atoms with Crippen LogP contribution in [0.25, 0.3) is 0 Å². The number of ether oxygens (including phenoxy) is 1. The van der Waals surface area contributed by atoms with Crippen molar-refractivity contribution in [1.82, 2.24) is 10.6 Å². The Morgan fingerprint density at radius 3 is 2.44 bits per heavy atom. The summed E-state index contributed by atoms with van der Waals surface area (Å²) in [5.74, 6) is 1.15. The highest BCUT2D eigenvalue weighted by Crippen LogP contribution is 2.16. The summed E-state index contributed by atoms with van der Waals surface area (Å²) in [4.78, 5) is 12.2. The Hall–Kier alpha value is -2.04. The number of amides is 1. The smallest absolute Gasteiger partial charge is 0.224 e. The summed E-state index contributed by atoms with van der Waals surface area (Å²) in [6.07, 6.45) is 1.76. The van der Waals surface area contributed by atoms with Crippen molar-refractivity contribution in [2.24, 2.45) is 5.92 Å². The Morgan fingerprint density at radius 2 is 1.81 bits per heavy atom. The zero-order chi connectivity index (χ0) is 18.4. The lowest BCUT2D eigenvalue weighted by Crippen LogP contribution is -2.39. The van der Waals surface area contributed by atoms with Crippen LogP contribution in [0, 0.1) is 12.8 Å². The lowest BCUT2D eigenvalue weighted by atomic mass is 10.0. The Labute approximate surface area is 168 Å². The molecule has 1 amide bonds. The van der Waals surface area contributed by atoms with Crippen LogP contribution in [0.15, 0.2) is 48.5 Å². The van der Waals surface area contributed by atoms with Crippen molar-refractivity contribution in [3.05, 3.63) is 65.2 Å². The molecule has 0 spiro atoms. The van der Waals surface area contributed by atoms with Crippen molar-refractivity contribution in [3.8, 4) is 5.75 Å². The summed E-state index contributed by atoms with van der Waals surface area (Å²) in [6, 6.07) is 16.6. The Morgan fingerprint density at radius 1 is 1.15 bits per heavy atom. The largest absolute Gasteiger partial charge is 0.489 e. The third-order valence-corrected chi connectivity index (χ3v) is 4.81. The average molecular weight is 389 g/mol. The van der Waals surface area contributed by atoms with E-state index < -0.39 is 0 Å². The summed E-state index contributed by atoms with van der Waals surface area (Å²) >= 11 is 0. The van der Waals surface area contributed by atoms with Gasteiger partial charge in [0.05, 0.1) is 5.92 Å². The van der Waals surface area contributed by atoms with Crippen molar-refractivity contribution in [1.29, 1.82) is 0 Å². The molecule has 1 heterocycles. The van der Waals surface area contributed by atoms with Crippen LogP contribution in [0.3, 0.4) is 0 Å². The van der Waals surface area contributed by atoms with E-state index in [1.54, 1.807) is 0 Å². The first-order chi connectivity index (χ1) is 12.6. The predicted molar refractivity (Wildman–Crippen MR) is 111 cm³/mol. The second-order valence-corrected chi connectivity index (χ2v) is 7.22. The molecule has 27 heavy (non-hydrogen) atoms. The first-order valence-corrected chi connectivity index (χ1v) is 9.38. The average Bonchev–Trinajstić information content (AvgIpc) is 3.17. The van der Waals surface area contributed by atoms with Gasteiger partial charge in [0.2, 0.25) is 5.91 Å². The number of nitrogens with one attached hydrogen (secondary N) is 2. The molecule has 2 aromatic carbocycles. The van der Waals surface area contributed by atoms with Gasteiger partial charge in [-0.05, 0) is 56.5 Å². The van der Waals surface area contributed by atoms with Gasteiger partial charge < -0.3 is 15.4 Å². The predicted octanol–water partition coefficient (Wildman–Crippen LogP) is 3.65. The van der Waals surface area contributed by atoms with Gasteiger partial charge in [-0.2, -0.15) is 0 Å². The van der Waals surface area contributed by atoms with Gasteiger partial charge in [0, 0.05) is 12.6 Å². The number of rotatable bonds is 7. The van der Waals surface area contributed by atoms with Crippen LogP contribution in [-0.4, -0.2) is 25.0 Å². The van der Waals surface area contributed by atoms with E-state index in [4.69, 9.17) is 4.74 Å². The third kappa shape index (κ3) is 6.56. The molecular formula is C22H29ClN2O2. The highest BCUT2D eigenvalue weighted by Gasteiger charge is 2.23. The van der Waals surface area contributed by atoms with Gasteiger partial charge in [-0.1, -0.05) is 42.0 Å². The molecule has 0 bridgehead atoms. The van der Waals surface area contributed by atoms with E-state index in [-0.39, 0.29) is 30.3 Å². The lowest BCUT2D eigenvalue weighted by molar-refractivity contribution is -0.125. The number of hydrogen-bond acceptors (Lipinski definition) is 3. The first kappa shape index (κ1) is 21.3. The molecule has 2 N–H and O–H groups in total. The maximum Gasteiger partial charge on any atom is 0.224 e. The molecule has 1 aliphatic rings. The molecular weight excluding hydrogens is 360 g/mol. The molecule has 0 radical (unpaired) electrons. The highest BCUT2D eigenvalue weighted by molar-refractivity contribution is 5.85. The number of benzene rings is 2. The fraction of sp³-hybridized carbons (Fsp3) is 0.409. The number of halogens is 1. The fourth-order valence-electron chi connectivity index (χ4n) is 3.22. The molecule has 0 aromatic heterocycles. The molecule has 146 valence electrons. The van der Waals surface area contributed by atoms with E-state index in [9.17, 15) is 4.79 Å². The quantitative estimate of drug-likeness (QED) is 0.761. The fourth-order valence-corrected chi connectivity index (χ4v) is 3.22. The number of hydrogen-bond donors (Lipinski definition) is 2. The topological polar surface area (TPSA) is 50.4 Å². The molecule has 2 unspecified atom stereocenters. The van der Waals surface area contributed by atoms with Crippen LogP contribution < -0.4 is 15.4 Å². The highest BCUT2D eigenvalue weighted by atomic mass is 35.5. The molecule has 1 saturated heterocycles. The molecule has 5 heteroatoms. The van der Waals surface area contributed by atoms with E-state index in [1.807, 2.05) is 12.1 Å². The zero-order valence-corrected chi connectivity index (χ0v) is 16.9. The zero-order valence-electron chi connectivity index (χ0n) is 16.0. The minimum absolute atomic E-state index is 0. The summed E-state index contributed by atoms with van der Waals surface area (Å²) in [5, 5.41) is 6.36. The van der Waals surface area contributed by atoms with E-state index in [2.05, 4.69) is 60.9 Å². The van der Waals surface area contributed by atoms with Gasteiger partial charge in [-0.15, -0.1) is 12.4 Å². The lowest BCUT2D eigenvalue weighted by Gasteiger charge is -2.17. The Kier molecular flexibility index (Phi) is 8.14. The molecule has 1 fully saturated rings. The summed E-state index contributed by atoms with van der Waals surface area (Å²) in [7, 11) is 0. The minimum Gasteiger partial charge on any atom is -0.489 e. The monoisotopic (exact) mass is 388 g/mol. The molecule has 4 nitrogen and oxygen atoms in total. The van der Waals surface area contributed by atoms with E-state index in [1.165, 1.54) is 11.1 Å². The van der Waals surface area contributed by atoms with Crippen LogP contribution in [0.2, 0.25) is 0 Å². The van der Waals surface area contributed by atoms with Crippen LogP contribution in [0.4, 0.5) is 0 Å². The van der Waals surface area contributed by atoms with Crippen LogP contribution in [-0.2, 0) is 17.8 Å². The van der Waals surface area contributed by atoms with Gasteiger partial charge >= 0.3 is 0 Å². The molecule has 0 saturated carbocycles. The summed E-state index contributed by atoms with van der Waals surface area (Å²) < 4.78 is 5.85. The van der Waals surface area contributed by atoms with Crippen molar-refractivity contribution in [2.45, 2.75) is 39.3 Å². The van der Waals surface area contributed by atoms with Crippen molar-refractivity contribution in [3.63, 3.8) is 0 Å². The Bertz CT molecular complexity index is 710. The summed E-state index contributed by atoms with van der Waals surface area (Å²) in [5.41, 5.74) is 3.62. The SMILES string of the molecule is Cc1ccc(COc2ccc(CC(C)NC(=O)C3CCNC3)cc2)cc1.Cl. The van der Waals surface area contributed by atoms with Gasteiger partial charge in [-0.25, -0.2) is 0 Å². The van der Waals surface area contributed by atoms with Crippen LogP contribution >= 0.6 is 12.4 Å².